The summed E-state index contributed by atoms with van der Waals surface area (Å²) >= 11 is 0. The standard InChI is InChI=1S/C72H76O2Si2/c1-53(2)75(54(3)4,55(5)6)51-47-62(48-52-76(56(7)8,57(9)10)58(11)12)60-39-43-67(69(63-29-21-17-22-30-63)64-31-23-18-24-32-64)41-37-59(61(45-49-71(13,14)73)46-50-72(15,16)74)38-42-68(44-40-60)70(65-33-25-19-26-34-65)66-35-27-20-28-36-66/h17-36,53-58,73-74H,1-16H3. The average Bonchev–Trinajstić information content (AvgIpc) is 3.35. The summed E-state index contributed by atoms with van der Waals surface area (Å²) in [7, 11) is -4.63. The van der Waals surface area contributed by atoms with Crippen LogP contribution in [-0.2, 0) is 0 Å². The first-order chi connectivity index (χ1) is 35.9. The van der Waals surface area contributed by atoms with E-state index in [4.69, 9.17) is 0 Å². The average molecular weight is 1030 g/mol. The second kappa shape index (κ2) is 26.4. The Morgan fingerprint density at radius 3 is 0.763 bits per heavy atom. The Hall–Kier alpha value is -7.33. The monoisotopic (exact) mass is 1030 g/mol. The first-order valence-corrected chi connectivity index (χ1v) is 31.2. The largest absolute Gasteiger partial charge is 0.378 e. The number of hydrogen-bond acceptors (Lipinski definition) is 2. The molecule has 2 nitrogen and oxygen atoms in total. The molecule has 4 aromatic carbocycles. The quantitative estimate of drug-likeness (QED) is 0.123. The Morgan fingerprint density at radius 1 is 0.342 bits per heavy atom. The molecule has 2 N–H and O–H groups in total. The minimum Gasteiger partial charge on any atom is -0.378 e. The third kappa shape index (κ3) is 15.4. The van der Waals surface area contributed by atoms with Crippen molar-refractivity contribution < 1.29 is 10.2 Å². The maximum Gasteiger partial charge on any atom is 0.146 e. The summed E-state index contributed by atoms with van der Waals surface area (Å²) in [4.78, 5) is 0. The van der Waals surface area contributed by atoms with Gasteiger partial charge in [-0.05, 0) is 107 Å². The number of rotatable bonds is 10. The van der Waals surface area contributed by atoms with Gasteiger partial charge in [-0.2, -0.15) is 0 Å². The SMILES string of the molecule is CC(C)[Si](C#CC(C#C[Si](C(C)C)(C(C)C)C(C)C)=C1C#CC(=C(c2ccccc2)c2ccccc2)C#CC(=C(C#CC(C)(C)O)C#CC(C)(C)O)C#CC(=C(c2ccccc2)c2ccccc2)C#C1)(C(C)C)C(C)C. The van der Waals surface area contributed by atoms with Crippen molar-refractivity contribution >= 4 is 27.3 Å². The van der Waals surface area contributed by atoms with Gasteiger partial charge in [-0.25, -0.2) is 0 Å². The van der Waals surface area contributed by atoms with Gasteiger partial charge in [0.2, 0.25) is 0 Å². The van der Waals surface area contributed by atoms with Crippen LogP contribution in [-0.4, -0.2) is 37.6 Å². The van der Waals surface area contributed by atoms with Crippen molar-refractivity contribution in [2.75, 3.05) is 0 Å². The van der Waals surface area contributed by atoms with E-state index in [-0.39, 0.29) is 11.1 Å². The lowest BCUT2D eigenvalue weighted by Gasteiger charge is -2.38. The molecule has 0 unspecified atom stereocenters. The van der Waals surface area contributed by atoms with Crippen molar-refractivity contribution in [2.45, 2.75) is 155 Å². The minimum atomic E-state index is -2.31. The van der Waals surface area contributed by atoms with Gasteiger partial charge in [-0.3, -0.25) is 0 Å². The first-order valence-electron chi connectivity index (χ1n) is 26.8. The fraction of sp³-hybridized carbons (Fsp3) is 0.333. The lowest BCUT2D eigenvalue weighted by Crippen LogP contribution is -2.43. The van der Waals surface area contributed by atoms with Gasteiger partial charge in [0.05, 0.1) is 33.4 Å². The Balaban J connectivity index is 2.23. The Bertz CT molecular complexity index is 3040. The lowest BCUT2D eigenvalue weighted by molar-refractivity contribution is 0.143. The van der Waals surface area contributed by atoms with E-state index in [0.717, 1.165) is 33.4 Å². The van der Waals surface area contributed by atoms with Crippen LogP contribution in [0.3, 0.4) is 0 Å². The van der Waals surface area contributed by atoms with Crippen molar-refractivity contribution in [3.63, 3.8) is 0 Å². The molecule has 4 heteroatoms. The van der Waals surface area contributed by atoms with Gasteiger partial charge in [0.25, 0.3) is 0 Å². The molecule has 0 atom stereocenters. The van der Waals surface area contributed by atoms with Crippen LogP contribution in [0.15, 0.2) is 155 Å². The summed E-state index contributed by atoms with van der Waals surface area (Å²) in [5, 5.41) is 21.9. The number of benzene rings is 4. The smallest absolute Gasteiger partial charge is 0.146 e. The third-order valence-corrected chi connectivity index (χ3v) is 26.6. The van der Waals surface area contributed by atoms with E-state index in [1.807, 2.05) is 72.8 Å². The highest BCUT2D eigenvalue weighted by molar-refractivity contribution is 6.91. The first kappa shape index (κ1) is 59.5. The topological polar surface area (TPSA) is 40.5 Å². The highest BCUT2D eigenvalue weighted by Crippen LogP contribution is 2.42. The lowest BCUT2D eigenvalue weighted by atomic mass is 9.92. The number of allylic oxidation sites excluding steroid dienone is 6. The van der Waals surface area contributed by atoms with Crippen molar-refractivity contribution in [2.24, 2.45) is 0 Å². The van der Waals surface area contributed by atoms with Gasteiger partial charge < -0.3 is 10.2 Å². The molecular weight excluding hydrogens is 953 g/mol. The number of hydrogen-bond donors (Lipinski definition) is 2. The predicted molar refractivity (Wildman–Crippen MR) is 329 cm³/mol. The van der Waals surface area contributed by atoms with Crippen LogP contribution >= 0.6 is 0 Å². The Labute approximate surface area is 461 Å². The molecule has 1 aliphatic carbocycles. The van der Waals surface area contributed by atoms with E-state index in [2.05, 4.69) is 226 Å². The van der Waals surface area contributed by atoms with E-state index in [9.17, 15) is 10.2 Å². The van der Waals surface area contributed by atoms with Crippen LogP contribution in [0.25, 0.3) is 11.1 Å². The summed E-state index contributed by atoms with van der Waals surface area (Å²) in [6, 6.07) is 40.6. The molecule has 0 spiro atoms. The molecule has 4 aromatic rings. The van der Waals surface area contributed by atoms with Crippen molar-refractivity contribution in [1.29, 1.82) is 0 Å². The van der Waals surface area contributed by atoms with Crippen LogP contribution in [0, 0.1) is 94.0 Å². The maximum atomic E-state index is 10.9. The second-order valence-electron chi connectivity index (χ2n) is 22.4. The maximum absolute atomic E-state index is 10.9. The van der Waals surface area contributed by atoms with Crippen LogP contribution in [0.1, 0.15) is 133 Å². The van der Waals surface area contributed by atoms with E-state index in [1.165, 1.54) is 0 Å². The summed E-state index contributed by atoms with van der Waals surface area (Å²) in [6.07, 6.45) is 0. The van der Waals surface area contributed by atoms with Gasteiger partial charge in [-0.15, -0.1) is 11.1 Å². The molecular formula is C72H76O2Si2. The molecule has 0 saturated carbocycles. The van der Waals surface area contributed by atoms with Gasteiger partial charge in [-0.1, -0.05) is 264 Å². The zero-order valence-electron chi connectivity index (χ0n) is 47.9. The van der Waals surface area contributed by atoms with E-state index in [0.29, 0.717) is 55.5 Å². The van der Waals surface area contributed by atoms with Crippen molar-refractivity contribution in [3.05, 3.63) is 177 Å². The normalized spacial score (nSPS) is 12.5. The Morgan fingerprint density at radius 2 is 0.553 bits per heavy atom. The molecule has 0 aliphatic heterocycles. The summed E-state index contributed by atoms with van der Waals surface area (Å²) in [6.45, 7) is 34.4. The molecule has 1 aliphatic rings. The minimum absolute atomic E-state index is 0.234. The van der Waals surface area contributed by atoms with E-state index >= 15 is 0 Å². The van der Waals surface area contributed by atoms with Crippen LogP contribution in [0.2, 0.25) is 33.2 Å². The molecule has 0 radical (unpaired) electrons. The van der Waals surface area contributed by atoms with Gasteiger partial charge >= 0.3 is 0 Å². The van der Waals surface area contributed by atoms with Gasteiger partial charge in [0.15, 0.2) is 0 Å². The summed E-state index contributed by atoms with van der Waals surface area (Å²) in [5.41, 5.74) is 15.5. The summed E-state index contributed by atoms with van der Waals surface area (Å²) in [5.74, 6) is 48.1. The molecule has 384 valence electrons. The summed E-state index contributed by atoms with van der Waals surface area (Å²) < 4.78 is 0. The molecule has 0 aromatic heterocycles. The fourth-order valence-corrected chi connectivity index (χ4v) is 20.8. The zero-order chi connectivity index (χ0) is 55.8. The highest BCUT2D eigenvalue weighted by atomic mass is 28.3. The molecule has 0 saturated heterocycles. The third-order valence-electron chi connectivity index (χ3n) is 14.0. The van der Waals surface area contributed by atoms with Crippen LogP contribution < -0.4 is 0 Å². The van der Waals surface area contributed by atoms with Crippen LogP contribution in [0.5, 0.6) is 0 Å². The zero-order valence-corrected chi connectivity index (χ0v) is 49.9. The highest BCUT2D eigenvalue weighted by Gasteiger charge is 2.43. The van der Waals surface area contributed by atoms with Crippen molar-refractivity contribution in [3.8, 4) is 94.0 Å². The molecule has 0 fully saturated rings. The second-order valence-corrected chi connectivity index (χ2v) is 33.5. The molecule has 0 bridgehead atoms. The Kier molecular flexibility index (Phi) is 20.7. The molecule has 0 amide bonds. The molecule has 5 rings (SSSR count). The molecule has 76 heavy (non-hydrogen) atoms. The number of aliphatic hydroxyl groups is 2. The van der Waals surface area contributed by atoms with Gasteiger partial charge in [0.1, 0.15) is 27.3 Å². The van der Waals surface area contributed by atoms with Gasteiger partial charge in [0, 0.05) is 11.1 Å². The van der Waals surface area contributed by atoms with E-state index in [1.54, 1.807) is 27.7 Å². The van der Waals surface area contributed by atoms with E-state index < -0.39 is 27.3 Å². The van der Waals surface area contributed by atoms with Crippen LogP contribution in [0.4, 0.5) is 0 Å². The van der Waals surface area contributed by atoms with Crippen molar-refractivity contribution in [1.82, 2.24) is 0 Å². The predicted octanol–water partition coefficient (Wildman–Crippen LogP) is 15.6. The molecule has 0 heterocycles. The fourth-order valence-electron chi connectivity index (χ4n) is 10.4.